The molecule has 2 rings (SSSR count). The minimum Gasteiger partial charge on any atom is -0.357 e. The van der Waals surface area contributed by atoms with Gasteiger partial charge in [-0.1, -0.05) is 67.1 Å². The number of hydrogen-bond acceptors (Lipinski definition) is 2. The van der Waals surface area contributed by atoms with E-state index in [-0.39, 0.29) is 11.8 Å². The first-order valence-corrected chi connectivity index (χ1v) is 8.65. The summed E-state index contributed by atoms with van der Waals surface area (Å²) >= 11 is 0. The molecule has 2 aromatic rings. The van der Waals surface area contributed by atoms with E-state index in [4.69, 9.17) is 0 Å². The first-order valence-electron chi connectivity index (χ1n) is 8.65. The molecule has 1 unspecified atom stereocenters. The molecule has 0 aliphatic rings. The van der Waals surface area contributed by atoms with Crippen molar-refractivity contribution in [1.82, 2.24) is 10.2 Å². The van der Waals surface area contributed by atoms with E-state index in [1.165, 1.54) is 0 Å². The van der Waals surface area contributed by atoms with Gasteiger partial charge in [-0.2, -0.15) is 0 Å². The summed E-state index contributed by atoms with van der Waals surface area (Å²) in [6.07, 6.45) is 0.869. The lowest BCUT2D eigenvalue weighted by Crippen LogP contribution is -2.48. The predicted octanol–water partition coefficient (Wildman–Crippen LogP) is 3.09. The highest BCUT2D eigenvalue weighted by atomic mass is 16.2. The second-order valence-electron chi connectivity index (χ2n) is 6.21. The van der Waals surface area contributed by atoms with Gasteiger partial charge in [0.1, 0.15) is 6.04 Å². The minimum absolute atomic E-state index is 0.0371. The van der Waals surface area contributed by atoms with Crippen LogP contribution in [0.1, 0.15) is 30.0 Å². The Hall–Kier alpha value is -2.62. The maximum atomic E-state index is 13.0. The lowest BCUT2D eigenvalue weighted by atomic mass is 10.1. The second kappa shape index (κ2) is 9.02. The number of carbonyl (C=O) groups excluding carboxylic acids is 2. The number of nitrogens with one attached hydrogen (secondary N) is 1. The van der Waals surface area contributed by atoms with Crippen LogP contribution >= 0.6 is 0 Å². The van der Waals surface area contributed by atoms with Crippen molar-refractivity contribution in [2.24, 2.45) is 0 Å². The summed E-state index contributed by atoms with van der Waals surface area (Å²) in [4.78, 5) is 27.0. The maximum Gasteiger partial charge on any atom is 0.242 e. The van der Waals surface area contributed by atoms with Crippen molar-refractivity contribution in [1.29, 1.82) is 0 Å². The summed E-state index contributed by atoms with van der Waals surface area (Å²) in [5, 5.41) is 2.68. The third-order valence-electron chi connectivity index (χ3n) is 4.27. The number of rotatable bonds is 7. The average molecular weight is 338 g/mol. The molecule has 25 heavy (non-hydrogen) atoms. The number of benzene rings is 2. The fraction of sp³-hybridized carbons (Fsp3) is 0.333. The molecular formula is C21H26N2O2. The van der Waals surface area contributed by atoms with Crippen LogP contribution in [0.3, 0.4) is 0 Å². The Morgan fingerprint density at radius 1 is 1.04 bits per heavy atom. The molecule has 0 aromatic heterocycles. The number of amides is 2. The molecule has 0 saturated carbocycles. The first kappa shape index (κ1) is 18.7. The first-order chi connectivity index (χ1) is 12.0. The standard InChI is InChI=1S/C21H26N2O2/c1-4-19(21(25)22-3)23(15-17-10-6-5-7-11-17)20(24)14-18-12-8-9-16(2)13-18/h5-13,19H,4,14-15H2,1-3H3,(H,22,25). The maximum absolute atomic E-state index is 13.0. The Balaban J connectivity index is 2.25. The Morgan fingerprint density at radius 3 is 2.32 bits per heavy atom. The van der Waals surface area contributed by atoms with Crippen molar-refractivity contribution in [3.8, 4) is 0 Å². The molecule has 1 N–H and O–H groups in total. The number of aryl methyl sites for hydroxylation is 1. The molecule has 0 radical (unpaired) electrons. The zero-order valence-electron chi connectivity index (χ0n) is 15.2. The lowest BCUT2D eigenvalue weighted by Gasteiger charge is -2.30. The van der Waals surface area contributed by atoms with Crippen molar-refractivity contribution < 1.29 is 9.59 Å². The fourth-order valence-electron chi connectivity index (χ4n) is 2.96. The van der Waals surface area contributed by atoms with E-state index in [9.17, 15) is 9.59 Å². The van der Waals surface area contributed by atoms with Crippen LogP contribution in [0.4, 0.5) is 0 Å². The van der Waals surface area contributed by atoms with Gasteiger partial charge in [0.15, 0.2) is 0 Å². The number of hydrogen-bond donors (Lipinski definition) is 1. The molecule has 2 amide bonds. The fourth-order valence-corrected chi connectivity index (χ4v) is 2.96. The molecule has 1 atom stereocenters. The monoisotopic (exact) mass is 338 g/mol. The Bertz CT molecular complexity index is 713. The number of nitrogens with zero attached hydrogens (tertiary/aromatic N) is 1. The third-order valence-corrected chi connectivity index (χ3v) is 4.27. The van der Waals surface area contributed by atoms with Crippen LogP contribution in [0.5, 0.6) is 0 Å². The van der Waals surface area contributed by atoms with Gasteiger partial charge in [0.25, 0.3) is 0 Å². The molecule has 0 aliphatic carbocycles. The lowest BCUT2D eigenvalue weighted by molar-refractivity contribution is -0.140. The van der Waals surface area contributed by atoms with E-state index in [0.717, 1.165) is 16.7 Å². The molecule has 0 aliphatic heterocycles. The van der Waals surface area contributed by atoms with Gasteiger partial charge in [-0.25, -0.2) is 0 Å². The van der Waals surface area contributed by atoms with Gasteiger partial charge >= 0.3 is 0 Å². The normalized spacial score (nSPS) is 11.6. The molecule has 4 heteroatoms. The Labute approximate surface area is 149 Å². The van der Waals surface area contributed by atoms with Crippen molar-refractivity contribution in [3.63, 3.8) is 0 Å². The summed E-state index contributed by atoms with van der Waals surface area (Å²) in [6.45, 7) is 4.37. The largest absolute Gasteiger partial charge is 0.357 e. The Morgan fingerprint density at radius 2 is 1.72 bits per heavy atom. The van der Waals surface area contributed by atoms with Crippen LogP contribution in [0.15, 0.2) is 54.6 Å². The van der Waals surface area contributed by atoms with E-state index in [2.05, 4.69) is 5.32 Å². The van der Waals surface area contributed by atoms with Gasteiger partial charge in [-0.05, 0) is 24.5 Å². The highest BCUT2D eigenvalue weighted by Gasteiger charge is 2.27. The van der Waals surface area contributed by atoms with Crippen molar-refractivity contribution in [2.45, 2.75) is 39.3 Å². The highest BCUT2D eigenvalue weighted by Crippen LogP contribution is 2.15. The molecule has 0 saturated heterocycles. The zero-order valence-corrected chi connectivity index (χ0v) is 15.2. The van der Waals surface area contributed by atoms with Gasteiger partial charge in [0.05, 0.1) is 6.42 Å². The van der Waals surface area contributed by atoms with Crippen LogP contribution in [-0.4, -0.2) is 29.8 Å². The van der Waals surface area contributed by atoms with Crippen molar-refractivity contribution in [2.75, 3.05) is 7.05 Å². The van der Waals surface area contributed by atoms with Crippen molar-refractivity contribution >= 4 is 11.8 Å². The van der Waals surface area contributed by atoms with Gasteiger partial charge < -0.3 is 10.2 Å². The summed E-state index contributed by atoms with van der Waals surface area (Å²) in [5.74, 6) is -0.166. The topological polar surface area (TPSA) is 49.4 Å². The average Bonchev–Trinajstić information content (AvgIpc) is 2.62. The molecule has 0 spiro atoms. The number of likely N-dealkylation sites (N-methyl/N-ethyl adjacent to an activating group) is 1. The minimum atomic E-state index is -0.470. The smallest absolute Gasteiger partial charge is 0.242 e. The van der Waals surface area contributed by atoms with E-state index in [0.29, 0.717) is 19.4 Å². The van der Waals surface area contributed by atoms with Crippen LogP contribution < -0.4 is 5.32 Å². The zero-order chi connectivity index (χ0) is 18.2. The second-order valence-corrected chi connectivity index (χ2v) is 6.21. The van der Waals surface area contributed by atoms with E-state index >= 15 is 0 Å². The predicted molar refractivity (Wildman–Crippen MR) is 100 cm³/mol. The summed E-state index contributed by atoms with van der Waals surface area (Å²) < 4.78 is 0. The Kier molecular flexibility index (Phi) is 6.75. The molecular weight excluding hydrogens is 312 g/mol. The van der Waals surface area contributed by atoms with Crippen LogP contribution in [0.25, 0.3) is 0 Å². The molecule has 2 aromatic carbocycles. The van der Waals surface area contributed by atoms with E-state index < -0.39 is 6.04 Å². The highest BCUT2D eigenvalue weighted by molar-refractivity contribution is 5.88. The molecule has 132 valence electrons. The quantitative estimate of drug-likeness (QED) is 0.843. The third kappa shape index (κ3) is 5.18. The molecule has 0 heterocycles. The SMILES string of the molecule is CCC(C(=O)NC)N(Cc1ccccc1)C(=O)Cc1cccc(C)c1. The van der Waals surface area contributed by atoms with Gasteiger partial charge in [0.2, 0.25) is 11.8 Å². The van der Waals surface area contributed by atoms with Gasteiger partial charge in [0, 0.05) is 13.6 Å². The van der Waals surface area contributed by atoms with Crippen molar-refractivity contribution in [3.05, 3.63) is 71.3 Å². The summed E-state index contributed by atoms with van der Waals surface area (Å²) in [6, 6.07) is 17.2. The number of carbonyl (C=O) groups is 2. The van der Waals surface area contributed by atoms with E-state index in [1.54, 1.807) is 11.9 Å². The van der Waals surface area contributed by atoms with E-state index in [1.807, 2.05) is 68.4 Å². The van der Waals surface area contributed by atoms with Gasteiger partial charge in [-0.3, -0.25) is 9.59 Å². The van der Waals surface area contributed by atoms with Crippen LogP contribution in [0, 0.1) is 6.92 Å². The molecule has 0 fully saturated rings. The van der Waals surface area contributed by atoms with Gasteiger partial charge in [-0.15, -0.1) is 0 Å². The van der Waals surface area contributed by atoms with Crippen LogP contribution in [-0.2, 0) is 22.6 Å². The van der Waals surface area contributed by atoms with Crippen LogP contribution in [0.2, 0.25) is 0 Å². The molecule has 4 nitrogen and oxygen atoms in total. The summed E-state index contributed by atoms with van der Waals surface area (Å²) in [7, 11) is 1.61. The molecule has 0 bridgehead atoms. The summed E-state index contributed by atoms with van der Waals surface area (Å²) in [5.41, 5.74) is 3.11.